The Kier molecular flexibility index (Phi) is 4.89. The molecule has 0 aliphatic carbocycles. The van der Waals surface area contributed by atoms with Crippen LogP contribution in [0.4, 0.5) is 10.1 Å². The molecular weight excluding hydrogens is 243 g/mol. The highest BCUT2D eigenvalue weighted by Gasteiger charge is 2.14. The lowest BCUT2D eigenvalue weighted by Crippen LogP contribution is -2.27. The van der Waals surface area contributed by atoms with Crippen molar-refractivity contribution in [1.29, 1.82) is 0 Å². The summed E-state index contributed by atoms with van der Waals surface area (Å²) in [4.78, 5) is 0. The third kappa shape index (κ3) is 4.32. The lowest BCUT2D eigenvalue weighted by molar-refractivity contribution is 0.594. The molecule has 17 heavy (non-hydrogen) atoms. The highest BCUT2D eigenvalue weighted by atomic mass is 32.2. The minimum Gasteiger partial charge on any atom is -0.316 e. The number of sulfonamides is 1. The Morgan fingerprint density at radius 3 is 2.65 bits per heavy atom. The minimum atomic E-state index is -3.50. The normalized spacial score (nSPS) is 11.5. The Hall–Kier alpha value is -1.14. The van der Waals surface area contributed by atoms with Gasteiger partial charge in [0.1, 0.15) is 5.82 Å². The van der Waals surface area contributed by atoms with Gasteiger partial charge in [-0.1, -0.05) is 19.1 Å². The predicted octanol–water partition coefficient (Wildman–Crippen LogP) is 1.49. The van der Waals surface area contributed by atoms with Crippen LogP contribution in [0.2, 0.25) is 0 Å². The number of nitrogens with one attached hydrogen (secondary N) is 2. The van der Waals surface area contributed by atoms with Crippen LogP contribution in [0.1, 0.15) is 12.5 Å². The van der Waals surface area contributed by atoms with E-state index in [9.17, 15) is 12.8 Å². The second-order valence-electron chi connectivity index (χ2n) is 3.71. The van der Waals surface area contributed by atoms with Crippen molar-refractivity contribution in [3.63, 3.8) is 0 Å². The summed E-state index contributed by atoms with van der Waals surface area (Å²) in [5.41, 5.74) is 0.598. The molecule has 6 heteroatoms. The van der Waals surface area contributed by atoms with Gasteiger partial charge in [-0.3, -0.25) is 4.72 Å². The zero-order valence-electron chi connectivity index (χ0n) is 9.96. The molecule has 2 N–H and O–H groups in total. The van der Waals surface area contributed by atoms with Gasteiger partial charge in [0.2, 0.25) is 10.0 Å². The van der Waals surface area contributed by atoms with E-state index in [-0.39, 0.29) is 11.4 Å². The van der Waals surface area contributed by atoms with Crippen LogP contribution in [0.3, 0.4) is 0 Å². The molecular formula is C11H17FN2O2S. The number of hydrogen-bond acceptors (Lipinski definition) is 3. The zero-order chi connectivity index (χ0) is 12.9. The fourth-order valence-electron chi connectivity index (χ4n) is 1.35. The molecule has 0 saturated heterocycles. The van der Waals surface area contributed by atoms with Gasteiger partial charge in [0.05, 0.1) is 11.4 Å². The van der Waals surface area contributed by atoms with Crippen molar-refractivity contribution < 1.29 is 12.8 Å². The fourth-order valence-corrected chi connectivity index (χ4v) is 2.44. The van der Waals surface area contributed by atoms with E-state index in [4.69, 9.17) is 0 Å². The van der Waals surface area contributed by atoms with Crippen molar-refractivity contribution in [2.24, 2.45) is 0 Å². The maximum absolute atomic E-state index is 13.4. The molecule has 0 aromatic heterocycles. The highest BCUT2D eigenvalue weighted by Crippen LogP contribution is 2.19. The van der Waals surface area contributed by atoms with Gasteiger partial charge < -0.3 is 5.32 Å². The van der Waals surface area contributed by atoms with E-state index in [1.807, 2.05) is 6.92 Å². The van der Waals surface area contributed by atoms with Crippen molar-refractivity contribution in [3.8, 4) is 0 Å². The van der Waals surface area contributed by atoms with E-state index in [2.05, 4.69) is 10.0 Å². The van der Waals surface area contributed by atoms with Gasteiger partial charge in [-0.05, 0) is 25.1 Å². The first kappa shape index (κ1) is 13.9. The van der Waals surface area contributed by atoms with Gasteiger partial charge in [-0.2, -0.15) is 0 Å². The second-order valence-corrected chi connectivity index (χ2v) is 5.55. The largest absolute Gasteiger partial charge is 0.316 e. The van der Waals surface area contributed by atoms with Crippen LogP contribution >= 0.6 is 0 Å². The summed E-state index contributed by atoms with van der Waals surface area (Å²) in [6, 6.07) is 4.43. The van der Waals surface area contributed by atoms with Crippen LogP contribution < -0.4 is 10.0 Å². The Morgan fingerprint density at radius 1 is 1.35 bits per heavy atom. The first-order chi connectivity index (χ1) is 7.96. The van der Waals surface area contributed by atoms with Gasteiger partial charge in [0.25, 0.3) is 0 Å². The maximum atomic E-state index is 13.4. The molecule has 0 unspecified atom stereocenters. The molecule has 0 fully saturated rings. The summed E-state index contributed by atoms with van der Waals surface area (Å²) < 4.78 is 39.0. The van der Waals surface area contributed by atoms with Crippen LogP contribution in [-0.4, -0.2) is 27.3 Å². The Bertz CT molecular complexity index is 454. The van der Waals surface area contributed by atoms with E-state index in [1.54, 1.807) is 19.1 Å². The topological polar surface area (TPSA) is 58.2 Å². The molecule has 4 nitrogen and oxygen atoms in total. The summed E-state index contributed by atoms with van der Waals surface area (Å²) >= 11 is 0. The van der Waals surface area contributed by atoms with Crippen LogP contribution in [-0.2, 0) is 10.0 Å². The number of benzene rings is 1. The maximum Gasteiger partial charge on any atom is 0.234 e. The van der Waals surface area contributed by atoms with E-state index >= 15 is 0 Å². The first-order valence-corrected chi connectivity index (χ1v) is 7.08. The number of aryl methyl sites for hydroxylation is 1. The van der Waals surface area contributed by atoms with Crippen molar-refractivity contribution >= 4 is 15.7 Å². The average molecular weight is 260 g/mol. The Morgan fingerprint density at radius 2 is 2.06 bits per heavy atom. The van der Waals surface area contributed by atoms with Gasteiger partial charge in [-0.25, -0.2) is 12.8 Å². The fraction of sp³-hybridized carbons (Fsp3) is 0.455. The molecule has 1 aromatic rings. The molecule has 0 bridgehead atoms. The molecule has 0 spiro atoms. The third-order valence-corrected chi connectivity index (χ3v) is 3.53. The quantitative estimate of drug-likeness (QED) is 0.762. The third-order valence-electron chi connectivity index (χ3n) is 2.28. The standard InChI is InChI=1S/C11H17FN2O2S/c1-3-13-7-8-17(15,16)14-11-9(2)5-4-6-10(11)12/h4-6,13-14H,3,7-8H2,1-2H3. The van der Waals surface area contributed by atoms with Crippen LogP contribution in [0.25, 0.3) is 0 Å². The number of para-hydroxylation sites is 1. The summed E-state index contributed by atoms with van der Waals surface area (Å²) in [6.45, 7) is 4.60. The van der Waals surface area contributed by atoms with E-state index in [1.165, 1.54) is 6.07 Å². The highest BCUT2D eigenvalue weighted by molar-refractivity contribution is 7.92. The zero-order valence-corrected chi connectivity index (χ0v) is 10.8. The van der Waals surface area contributed by atoms with Crippen LogP contribution in [0.15, 0.2) is 18.2 Å². The predicted molar refractivity (Wildman–Crippen MR) is 67.1 cm³/mol. The van der Waals surface area contributed by atoms with Gasteiger partial charge in [0.15, 0.2) is 0 Å². The second kappa shape index (κ2) is 5.97. The molecule has 0 aliphatic heterocycles. The average Bonchev–Trinajstić information content (AvgIpc) is 2.24. The summed E-state index contributed by atoms with van der Waals surface area (Å²) in [6.07, 6.45) is 0. The van der Waals surface area contributed by atoms with Crippen molar-refractivity contribution in [1.82, 2.24) is 5.32 Å². The van der Waals surface area contributed by atoms with E-state index in [0.717, 1.165) is 0 Å². The molecule has 0 aliphatic rings. The molecule has 0 heterocycles. The molecule has 1 aromatic carbocycles. The SMILES string of the molecule is CCNCCS(=O)(=O)Nc1c(C)cccc1F. The smallest absolute Gasteiger partial charge is 0.234 e. The summed E-state index contributed by atoms with van der Waals surface area (Å²) in [5, 5.41) is 2.91. The Labute approximate surface area is 101 Å². The molecule has 0 atom stereocenters. The first-order valence-electron chi connectivity index (χ1n) is 5.42. The number of anilines is 1. The van der Waals surface area contributed by atoms with E-state index in [0.29, 0.717) is 18.7 Å². The lowest BCUT2D eigenvalue weighted by Gasteiger charge is -2.11. The number of hydrogen-bond donors (Lipinski definition) is 2. The van der Waals surface area contributed by atoms with Gasteiger partial charge in [0, 0.05) is 6.54 Å². The summed E-state index contributed by atoms with van der Waals surface area (Å²) in [5.74, 6) is -0.633. The number of halogens is 1. The molecule has 0 radical (unpaired) electrons. The van der Waals surface area contributed by atoms with Gasteiger partial charge >= 0.3 is 0 Å². The molecule has 0 saturated carbocycles. The molecule has 1 rings (SSSR count). The minimum absolute atomic E-state index is 0.0315. The van der Waals surface area contributed by atoms with Crippen LogP contribution in [0, 0.1) is 12.7 Å². The molecule has 0 amide bonds. The van der Waals surface area contributed by atoms with Crippen molar-refractivity contribution in [2.75, 3.05) is 23.6 Å². The van der Waals surface area contributed by atoms with Crippen molar-refractivity contribution in [3.05, 3.63) is 29.6 Å². The van der Waals surface area contributed by atoms with Gasteiger partial charge in [-0.15, -0.1) is 0 Å². The van der Waals surface area contributed by atoms with E-state index < -0.39 is 15.8 Å². The summed E-state index contributed by atoms with van der Waals surface area (Å²) in [7, 11) is -3.50. The molecule has 96 valence electrons. The lowest BCUT2D eigenvalue weighted by atomic mass is 10.2. The van der Waals surface area contributed by atoms with Crippen molar-refractivity contribution in [2.45, 2.75) is 13.8 Å². The van der Waals surface area contributed by atoms with Crippen LogP contribution in [0.5, 0.6) is 0 Å². The number of rotatable bonds is 6. The monoisotopic (exact) mass is 260 g/mol. The Balaban J connectivity index is 2.76.